The summed E-state index contributed by atoms with van der Waals surface area (Å²) in [6.45, 7) is 0. The summed E-state index contributed by atoms with van der Waals surface area (Å²) >= 11 is -3.76. The summed E-state index contributed by atoms with van der Waals surface area (Å²) < 4.78 is 188. The molecule has 1 heterocycles. The van der Waals surface area contributed by atoms with Crippen molar-refractivity contribution in [2.45, 2.75) is 0 Å². The Hall–Kier alpha value is -3.08. The van der Waals surface area contributed by atoms with Gasteiger partial charge >= 0.3 is 233 Å². The van der Waals surface area contributed by atoms with Gasteiger partial charge in [-0.1, -0.05) is 0 Å². The summed E-state index contributed by atoms with van der Waals surface area (Å²) in [5.41, 5.74) is -1.16. The van der Waals surface area contributed by atoms with Crippen LogP contribution in [-0.2, 0) is 0 Å². The number of hydrogen-bond acceptors (Lipinski definition) is 1. The fourth-order valence-corrected chi connectivity index (χ4v) is 11.9. The number of fused-ring (bicyclic) bond motifs is 3. The molecule has 3 heteroatoms. The van der Waals surface area contributed by atoms with Crippen molar-refractivity contribution >= 4 is 68.7 Å². The normalized spacial score (nSPS) is 20.7. The predicted molar refractivity (Wildman–Crippen MR) is 145 cm³/mol. The molecule has 0 aliphatic heterocycles. The molecule has 1 nitrogen and oxygen atoms in total. The Morgan fingerprint density at radius 2 is 1.09 bits per heavy atom. The Morgan fingerprint density at radius 1 is 0.515 bits per heavy atom. The first kappa shape index (κ1) is 8.00. The molecule has 6 rings (SSSR count). The van der Waals surface area contributed by atoms with Crippen LogP contribution in [0.2, 0.25) is 0 Å². The van der Waals surface area contributed by atoms with Crippen LogP contribution in [0, 0.1) is 0 Å². The monoisotopic (exact) mass is 571 g/mol. The van der Waals surface area contributed by atoms with Crippen molar-refractivity contribution < 1.29 is 33.2 Å². The van der Waals surface area contributed by atoms with Crippen LogP contribution in [0.25, 0.3) is 21.9 Å². The Morgan fingerprint density at radius 3 is 1.82 bits per heavy atom. The van der Waals surface area contributed by atoms with E-state index in [1.54, 1.807) is 0 Å². The molecule has 0 saturated carbocycles. The van der Waals surface area contributed by atoms with E-state index in [4.69, 9.17) is 22.2 Å². The van der Waals surface area contributed by atoms with Gasteiger partial charge in [-0.2, -0.15) is 0 Å². The molecule has 158 valence electrons. The van der Waals surface area contributed by atoms with Gasteiger partial charge in [0.25, 0.3) is 0 Å². The molecule has 0 aliphatic rings. The molecule has 0 saturated heterocycles. The summed E-state index contributed by atoms with van der Waals surface area (Å²) in [5, 5.41) is -1.03. The molecular weight excluding hydrogens is 529 g/mol. The third kappa shape index (κ3) is 3.37. The van der Waals surface area contributed by atoms with Crippen LogP contribution < -0.4 is 17.6 Å². The van der Waals surface area contributed by atoms with Gasteiger partial charge in [0.2, 0.25) is 0 Å². The Labute approximate surface area is 233 Å². The topological polar surface area (TPSA) is 13.1 Å². The molecule has 0 spiro atoms. The maximum absolute atomic E-state index is 9.75. The fraction of sp³-hybridized carbons (Fsp3) is 0. The van der Waals surface area contributed by atoms with E-state index in [1.807, 2.05) is 0 Å². The van der Waals surface area contributed by atoms with Crippen molar-refractivity contribution in [1.29, 1.82) is 0 Å². The minimum absolute atomic E-state index is 0.477. The molecule has 0 N–H and O–H groups in total. The molecule has 6 aromatic rings. The number of para-hydroxylation sites is 1. The van der Waals surface area contributed by atoms with Gasteiger partial charge < -0.3 is 0 Å². The van der Waals surface area contributed by atoms with E-state index in [-0.39, 0.29) is 0 Å². The zero-order chi connectivity index (χ0) is 40.5. The molecule has 0 bridgehead atoms. The summed E-state index contributed by atoms with van der Waals surface area (Å²) in [5.74, 6) is 0. The first-order chi connectivity index (χ1) is 25.0. The van der Waals surface area contributed by atoms with E-state index in [0.29, 0.717) is 0 Å². The average molecular weight is 571 g/mol. The summed E-state index contributed by atoms with van der Waals surface area (Å²) in [7, 11) is 0. The molecule has 0 amide bonds. The quantitative estimate of drug-likeness (QED) is 0.247. The van der Waals surface area contributed by atoms with Gasteiger partial charge in [-0.25, -0.2) is 0 Å². The first-order valence-electron chi connectivity index (χ1n) is 19.8. The van der Waals surface area contributed by atoms with Gasteiger partial charge in [-0.05, 0) is 0 Å². The number of furan rings is 1. The average Bonchev–Trinajstić information content (AvgIpc) is 3.55. The van der Waals surface area contributed by atoms with E-state index in [0.717, 1.165) is 0 Å². The standard InChI is InChI=1S/C30H21BrGeO/c31-22-10-9-15-25(20-22)32(23-11-3-1-4-12-23,24-13-5-2-6-14-24)26-18-19-30-28(21-26)27-16-7-8-17-29(27)33-30/h1-21H/i1D,2D,3D,4D,5D,6D,7D,8D,9D,10D,11D,12D,13D,14D,15D,16D,17D,18D,19D,20D,21D. The fourth-order valence-electron chi connectivity index (χ4n) is 3.62. The SMILES string of the molecule is [2H]c1c([2H])c([2H])[c]([Ge]([c]2c([2H])c([2H])c([2H])c([2H])c2[2H])([c]2c([2H])c([2H])c([2H])c(Br)c2[2H])[c]2c([2H])c([2H])c3oc4c([2H])c([2H])c([2H])c([2H])c4c3c2[2H])c([2H])c1[2H]. The van der Waals surface area contributed by atoms with Crippen molar-refractivity contribution in [3.05, 3.63) is 131 Å². The molecule has 33 heavy (non-hydrogen) atoms. The van der Waals surface area contributed by atoms with E-state index >= 15 is 0 Å². The number of hydrogen-bond donors (Lipinski definition) is 0. The van der Waals surface area contributed by atoms with Crippen LogP contribution in [0.1, 0.15) is 28.8 Å². The van der Waals surface area contributed by atoms with Crippen molar-refractivity contribution in [2.75, 3.05) is 0 Å². The molecule has 0 atom stereocenters. The molecule has 0 fully saturated rings. The van der Waals surface area contributed by atoms with Crippen LogP contribution in [0.15, 0.2) is 136 Å². The van der Waals surface area contributed by atoms with Gasteiger partial charge in [0.1, 0.15) is 0 Å². The van der Waals surface area contributed by atoms with Crippen LogP contribution in [0.5, 0.6) is 0 Å². The summed E-state index contributed by atoms with van der Waals surface area (Å²) in [6.07, 6.45) is 0. The van der Waals surface area contributed by atoms with Crippen LogP contribution in [0.4, 0.5) is 0 Å². The molecule has 5 aromatic carbocycles. The van der Waals surface area contributed by atoms with E-state index in [2.05, 4.69) is 15.9 Å². The van der Waals surface area contributed by atoms with E-state index in [1.165, 1.54) is 0 Å². The second-order valence-corrected chi connectivity index (χ2v) is 14.8. The van der Waals surface area contributed by atoms with Crippen molar-refractivity contribution in [1.82, 2.24) is 0 Å². The van der Waals surface area contributed by atoms with Gasteiger partial charge in [0.05, 0.1) is 0 Å². The third-order valence-electron chi connectivity index (χ3n) is 4.98. The van der Waals surface area contributed by atoms with Crippen LogP contribution in [0.3, 0.4) is 0 Å². The zero-order valence-electron chi connectivity index (χ0n) is 37.3. The summed E-state index contributed by atoms with van der Waals surface area (Å²) in [4.78, 5) is 0. The van der Waals surface area contributed by atoms with Crippen molar-refractivity contribution in [2.24, 2.45) is 0 Å². The minimum atomic E-state index is -6.82. The Kier molecular flexibility index (Phi) is 2.03. The molecule has 0 radical (unpaired) electrons. The Bertz CT molecular complexity index is 2450. The third-order valence-corrected chi connectivity index (χ3v) is 13.8. The van der Waals surface area contributed by atoms with Crippen LogP contribution in [-0.4, -0.2) is 13.3 Å². The second-order valence-electron chi connectivity index (χ2n) is 6.70. The predicted octanol–water partition coefficient (Wildman–Crippen LogP) is 5.73. The van der Waals surface area contributed by atoms with Gasteiger partial charge in [-0.15, -0.1) is 0 Å². The van der Waals surface area contributed by atoms with Gasteiger partial charge in [0, 0.05) is 0 Å². The van der Waals surface area contributed by atoms with Gasteiger partial charge in [-0.3, -0.25) is 0 Å². The van der Waals surface area contributed by atoms with E-state index in [9.17, 15) is 11.0 Å². The molecular formula is C30H21BrGeO. The molecule has 1 aromatic heterocycles. The summed E-state index contributed by atoms with van der Waals surface area (Å²) in [6, 6.07) is -19.8. The number of rotatable bonds is 4. The molecule has 0 unspecified atom stereocenters. The van der Waals surface area contributed by atoms with Crippen molar-refractivity contribution in [3.8, 4) is 0 Å². The van der Waals surface area contributed by atoms with E-state index < -0.39 is 184 Å². The van der Waals surface area contributed by atoms with Gasteiger partial charge in [0.15, 0.2) is 0 Å². The second kappa shape index (κ2) is 8.36. The number of halogens is 1. The van der Waals surface area contributed by atoms with Crippen LogP contribution >= 0.6 is 15.9 Å². The van der Waals surface area contributed by atoms with Crippen molar-refractivity contribution in [3.63, 3.8) is 0 Å². The maximum atomic E-state index is 9.75. The first-order valence-corrected chi connectivity index (χ1v) is 14.3. The molecule has 0 aliphatic carbocycles. The Balaban J connectivity index is 2.16. The zero-order valence-corrected chi connectivity index (χ0v) is 20.0. The number of benzene rings is 5.